The minimum absolute atomic E-state index is 0.00869. The number of carbonyl (C=O) groups excluding carboxylic acids is 2. The van der Waals surface area contributed by atoms with E-state index in [1.165, 1.54) is 25.2 Å². The average molecular weight is 376 g/mol. The number of anilines is 1. The lowest BCUT2D eigenvalue weighted by Gasteiger charge is -2.10. The van der Waals surface area contributed by atoms with Crippen LogP contribution in [0, 0.1) is 5.82 Å². The molecule has 0 heterocycles. The number of halogens is 4. The number of rotatable bonds is 3. The van der Waals surface area contributed by atoms with Crippen LogP contribution >= 0.6 is 34.8 Å². The summed E-state index contributed by atoms with van der Waals surface area (Å²) in [5.74, 6) is -1.80. The van der Waals surface area contributed by atoms with Crippen molar-refractivity contribution in [2.45, 2.75) is 0 Å². The van der Waals surface area contributed by atoms with Gasteiger partial charge in [0.05, 0.1) is 26.2 Å². The van der Waals surface area contributed by atoms with Gasteiger partial charge in [-0.2, -0.15) is 0 Å². The molecule has 0 aliphatic rings. The Balaban J connectivity index is 2.31. The van der Waals surface area contributed by atoms with Gasteiger partial charge in [-0.25, -0.2) is 4.39 Å². The van der Waals surface area contributed by atoms with E-state index in [1.54, 1.807) is 0 Å². The van der Waals surface area contributed by atoms with E-state index in [4.69, 9.17) is 34.8 Å². The maximum absolute atomic E-state index is 13.5. The second-order valence-electron chi connectivity index (χ2n) is 4.47. The molecular weight excluding hydrogens is 366 g/mol. The smallest absolute Gasteiger partial charge is 0.257 e. The van der Waals surface area contributed by atoms with E-state index in [1.807, 2.05) is 0 Å². The molecule has 0 saturated heterocycles. The third-order valence-electron chi connectivity index (χ3n) is 2.95. The molecule has 0 atom stereocenters. The summed E-state index contributed by atoms with van der Waals surface area (Å²) in [7, 11) is 1.46. The van der Waals surface area contributed by atoms with Crippen LogP contribution in [0.25, 0.3) is 0 Å². The Bertz CT molecular complexity index is 797. The summed E-state index contributed by atoms with van der Waals surface area (Å²) in [6.07, 6.45) is 0. The zero-order chi connectivity index (χ0) is 17.1. The lowest BCUT2D eigenvalue weighted by atomic mass is 10.1. The molecule has 2 amide bonds. The summed E-state index contributed by atoms with van der Waals surface area (Å²) < 4.78 is 13.5. The molecule has 0 bridgehead atoms. The molecule has 2 N–H and O–H groups in total. The van der Waals surface area contributed by atoms with Crippen molar-refractivity contribution < 1.29 is 14.0 Å². The van der Waals surface area contributed by atoms with Crippen molar-refractivity contribution in [3.8, 4) is 0 Å². The van der Waals surface area contributed by atoms with Crippen LogP contribution in [-0.4, -0.2) is 18.9 Å². The van der Waals surface area contributed by atoms with Gasteiger partial charge in [0, 0.05) is 12.7 Å². The molecule has 0 aliphatic heterocycles. The Kier molecular flexibility index (Phi) is 5.46. The summed E-state index contributed by atoms with van der Waals surface area (Å²) in [5, 5.41) is 5.02. The minimum Gasteiger partial charge on any atom is -0.355 e. The van der Waals surface area contributed by atoms with Gasteiger partial charge in [0.25, 0.3) is 11.8 Å². The highest BCUT2D eigenvalue weighted by atomic mass is 35.5. The van der Waals surface area contributed by atoms with Crippen LogP contribution in [0.15, 0.2) is 30.3 Å². The minimum atomic E-state index is -0.761. The molecule has 0 aliphatic carbocycles. The van der Waals surface area contributed by atoms with Gasteiger partial charge in [0.15, 0.2) is 0 Å². The molecule has 0 radical (unpaired) electrons. The van der Waals surface area contributed by atoms with Gasteiger partial charge < -0.3 is 10.6 Å². The number of carbonyl (C=O) groups is 2. The molecular formula is C15H10Cl3FN2O2. The first kappa shape index (κ1) is 17.5. The van der Waals surface area contributed by atoms with Gasteiger partial charge in [-0.15, -0.1) is 0 Å². The van der Waals surface area contributed by atoms with Gasteiger partial charge in [0.1, 0.15) is 5.82 Å². The Morgan fingerprint density at radius 2 is 1.57 bits per heavy atom. The van der Waals surface area contributed by atoms with E-state index < -0.39 is 17.6 Å². The van der Waals surface area contributed by atoms with Crippen molar-refractivity contribution in [1.29, 1.82) is 0 Å². The molecule has 2 rings (SSSR count). The van der Waals surface area contributed by atoms with E-state index >= 15 is 0 Å². The summed E-state index contributed by atoms with van der Waals surface area (Å²) in [6.45, 7) is 0. The lowest BCUT2D eigenvalue weighted by Crippen LogP contribution is -2.19. The van der Waals surface area contributed by atoms with Crippen LogP contribution in [0.4, 0.5) is 10.1 Å². The average Bonchev–Trinajstić information content (AvgIpc) is 2.51. The van der Waals surface area contributed by atoms with E-state index in [0.717, 1.165) is 12.1 Å². The number of amides is 2. The van der Waals surface area contributed by atoms with Crippen LogP contribution in [0.5, 0.6) is 0 Å². The molecule has 0 unspecified atom stereocenters. The third kappa shape index (κ3) is 3.93. The Labute approximate surface area is 146 Å². The maximum Gasteiger partial charge on any atom is 0.257 e. The summed E-state index contributed by atoms with van der Waals surface area (Å²) in [5.41, 5.74) is 0.426. The molecule has 0 fully saturated rings. The molecule has 120 valence electrons. The van der Waals surface area contributed by atoms with Crippen LogP contribution in [0.3, 0.4) is 0 Å². The van der Waals surface area contributed by atoms with Crippen LogP contribution in [-0.2, 0) is 0 Å². The zero-order valence-electron chi connectivity index (χ0n) is 11.7. The van der Waals surface area contributed by atoms with E-state index in [2.05, 4.69) is 10.6 Å². The van der Waals surface area contributed by atoms with E-state index in [9.17, 15) is 14.0 Å². The number of hydrogen-bond donors (Lipinski definition) is 2. The van der Waals surface area contributed by atoms with Crippen molar-refractivity contribution in [3.63, 3.8) is 0 Å². The van der Waals surface area contributed by atoms with Gasteiger partial charge >= 0.3 is 0 Å². The Morgan fingerprint density at radius 3 is 2.22 bits per heavy atom. The van der Waals surface area contributed by atoms with E-state index in [0.29, 0.717) is 5.69 Å². The first-order valence-corrected chi connectivity index (χ1v) is 7.44. The number of nitrogens with one attached hydrogen (secondary N) is 2. The summed E-state index contributed by atoms with van der Waals surface area (Å²) >= 11 is 17.4. The van der Waals surface area contributed by atoms with Crippen LogP contribution in [0.2, 0.25) is 15.1 Å². The first-order chi connectivity index (χ1) is 10.8. The van der Waals surface area contributed by atoms with Crippen LogP contribution in [0.1, 0.15) is 20.7 Å². The molecule has 0 spiro atoms. The second-order valence-corrected chi connectivity index (χ2v) is 5.70. The SMILES string of the molecule is CNC(=O)c1cc(NC(=O)c2cc(F)c(Cl)cc2Cl)ccc1Cl. The standard InChI is InChI=1S/C15H10Cl3FN2O2/c1-20-14(22)8-4-7(2-3-10(8)16)21-15(23)9-5-13(19)12(18)6-11(9)17/h2-6H,1H3,(H,20,22)(H,21,23). The maximum atomic E-state index is 13.5. The van der Waals surface area contributed by atoms with Gasteiger partial charge in [-0.05, 0) is 30.3 Å². The molecule has 8 heteroatoms. The predicted octanol–water partition coefficient (Wildman–Crippen LogP) is 4.40. The number of hydrogen-bond acceptors (Lipinski definition) is 2. The monoisotopic (exact) mass is 374 g/mol. The Morgan fingerprint density at radius 1 is 0.913 bits per heavy atom. The summed E-state index contributed by atoms with van der Waals surface area (Å²) in [4.78, 5) is 23.9. The van der Waals surface area contributed by atoms with Gasteiger partial charge in [0.2, 0.25) is 0 Å². The highest BCUT2D eigenvalue weighted by Gasteiger charge is 2.16. The predicted molar refractivity (Wildman–Crippen MR) is 89.2 cm³/mol. The quantitative estimate of drug-likeness (QED) is 0.781. The summed E-state index contributed by atoms with van der Waals surface area (Å²) in [6, 6.07) is 6.46. The molecule has 0 saturated carbocycles. The van der Waals surface area contributed by atoms with Crippen molar-refractivity contribution in [3.05, 3.63) is 62.3 Å². The normalized spacial score (nSPS) is 10.3. The zero-order valence-corrected chi connectivity index (χ0v) is 14.0. The Hall–Kier alpha value is -1.82. The fourth-order valence-corrected chi connectivity index (χ4v) is 2.48. The second kappa shape index (κ2) is 7.17. The van der Waals surface area contributed by atoms with Crippen molar-refractivity contribution >= 4 is 52.3 Å². The molecule has 4 nitrogen and oxygen atoms in total. The van der Waals surface area contributed by atoms with E-state index in [-0.39, 0.29) is 26.2 Å². The van der Waals surface area contributed by atoms with Gasteiger partial charge in [-0.1, -0.05) is 34.8 Å². The van der Waals surface area contributed by atoms with Crippen molar-refractivity contribution in [2.75, 3.05) is 12.4 Å². The lowest BCUT2D eigenvalue weighted by molar-refractivity contribution is 0.0961. The molecule has 23 heavy (non-hydrogen) atoms. The molecule has 2 aromatic carbocycles. The third-order valence-corrected chi connectivity index (χ3v) is 3.88. The van der Waals surface area contributed by atoms with Crippen molar-refractivity contribution in [1.82, 2.24) is 5.32 Å². The fourth-order valence-electron chi connectivity index (χ4n) is 1.81. The largest absolute Gasteiger partial charge is 0.355 e. The highest BCUT2D eigenvalue weighted by Crippen LogP contribution is 2.26. The first-order valence-electron chi connectivity index (χ1n) is 6.31. The van der Waals surface area contributed by atoms with Crippen molar-refractivity contribution in [2.24, 2.45) is 0 Å². The van der Waals surface area contributed by atoms with Crippen LogP contribution < -0.4 is 10.6 Å². The molecule has 2 aromatic rings. The fraction of sp³-hybridized carbons (Fsp3) is 0.0667. The van der Waals surface area contributed by atoms with Gasteiger partial charge in [-0.3, -0.25) is 9.59 Å². The number of benzene rings is 2. The molecule has 0 aromatic heterocycles. The highest BCUT2D eigenvalue weighted by molar-refractivity contribution is 6.37. The topological polar surface area (TPSA) is 58.2 Å².